The summed E-state index contributed by atoms with van der Waals surface area (Å²) < 4.78 is 41.6. The van der Waals surface area contributed by atoms with E-state index in [0.717, 1.165) is 5.56 Å². The van der Waals surface area contributed by atoms with Gasteiger partial charge in [0.1, 0.15) is 18.9 Å². The zero-order valence-electron chi connectivity index (χ0n) is 14.3. The number of urea groups is 1. The van der Waals surface area contributed by atoms with Gasteiger partial charge in [-0.15, -0.1) is 0 Å². The van der Waals surface area contributed by atoms with Crippen molar-refractivity contribution in [1.29, 1.82) is 0 Å². The fourth-order valence-corrected chi connectivity index (χ4v) is 1.85. The number of rotatable bonds is 7. The third-order valence-corrected chi connectivity index (χ3v) is 3.43. The second-order valence-electron chi connectivity index (χ2n) is 5.61. The number of halogens is 3. The van der Waals surface area contributed by atoms with Crippen LogP contribution >= 0.6 is 0 Å². The zero-order valence-corrected chi connectivity index (χ0v) is 14.3. The van der Waals surface area contributed by atoms with Crippen molar-refractivity contribution in [2.75, 3.05) is 26.7 Å². The Hall–Kier alpha value is -2.29. The summed E-state index contributed by atoms with van der Waals surface area (Å²) in [6.45, 7) is 2.69. The molecule has 0 heterocycles. The van der Waals surface area contributed by atoms with Gasteiger partial charge < -0.3 is 10.1 Å². The van der Waals surface area contributed by atoms with E-state index in [1.165, 1.54) is 0 Å². The van der Waals surface area contributed by atoms with Crippen LogP contribution in [0.5, 0.6) is 5.75 Å². The van der Waals surface area contributed by atoms with Crippen LogP contribution in [0.1, 0.15) is 12.5 Å². The van der Waals surface area contributed by atoms with Gasteiger partial charge in [-0.05, 0) is 38.6 Å². The molecular formula is C16H22F3N3O3. The number of likely N-dealkylation sites (N-methyl/N-ethyl adjacent to an activating group) is 1. The number of carbonyl (C=O) groups is 2. The molecule has 1 atom stereocenters. The van der Waals surface area contributed by atoms with Gasteiger partial charge in [0.05, 0.1) is 6.04 Å². The molecular weight excluding hydrogens is 339 g/mol. The number of amides is 3. The molecule has 0 aliphatic carbocycles. The molecule has 1 aromatic rings. The maximum atomic E-state index is 12.0. The van der Waals surface area contributed by atoms with Crippen molar-refractivity contribution in [3.8, 4) is 5.75 Å². The summed E-state index contributed by atoms with van der Waals surface area (Å²) in [6.07, 6.45) is -4.53. The number of nitrogens with one attached hydrogen (secondary N) is 2. The number of aryl methyl sites for hydroxylation is 1. The summed E-state index contributed by atoms with van der Waals surface area (Å²) in [7, 11) is 1.65. The molecule has 1 aromatic carbocycles. The first kappa shape index (κ1) is 20.8. The summed E-state index contributed by atoms with van der Waals surface area (Å²) >= 11 is 0. The van der Waals surface area contributed by atoms with E-state index in [1.807, 2.05) is 36.5 Å². The SMILES string of the molecule is Cc1cccc(OCCN(C)[C@H](C)C(=O)NC(=O)NCC(F)(F)F)c1. The molecule has 0 saturated heterocycles. The predicted octanol–water partition coefficient (Wildman–Crippen LogP) is 2.08. The number of nitrogens with zero attached hydrogens (tertiary/aromatic N) is 1. The number of ether oxygens (including phenoxy) is 1. The molecule has 1 rings (SSSR count). The van der Waals surface area contributed by atoms with E-state index in [1.54, 1.807) is 24.2 Å². The summed E-state index contributed by atoms with van der Waals surface area (Å²) in [5.74, 6) is 0.00904. The van der Waals surface area contributed by atoms with E-state index < -0.39 is 30.7 Å². The largest absolute Gasteiger partial charge is 0.492 e. The quantitative estimate of drug-likeness (QED) is 0.780. The number of alkyl halides is 3. The van der Waals surface area contributed by atoms with Crippen LogP contribution in [0.25, 0.3) is 0 Å². The Kier molecular flexibility index (Phi) is 7.69. The first-order valence-corrected chi connectivity index (χ1v) is 7.63. The number of benzene rings is 1. The van der Waals surface area contributed by atoms with Crippen LogP contribution in [0.4, 0.5) is 18.0 Å². The minimum atomic E-state index is -4.53. The van der Waals surface area contributed by atoms with E-state index >= 15 is 0 Å². The smallest absolute Gasteiger partial charge is 0.405 e. The molecule has 0 aromatic heterocycles. The molecule has 0 spiro atoms. The highest BCUT2D eigenvalue weighted by Gasteiger charge is 2.28. The van der Waals surface area contributed by atoms with Gasteiger partial charge in [-0.2, -0.15) is 13.2 Å². The molecule has 9 heteroatoms. The van der Waals surface area contributed by atoms with E-state index in [0.29, 0.717) is 18.9 Å². The lowest BCUT2D eigenvalue weighted by atomic mass is 10.2. The Labute approximate surface area is 144 Å². The summed E-state index contributed by atoms with van der Waals surface area (Å²) in [6, 6.07) is 5.60. The molecule has 6 nitrogen and oxygen atoms in total. The topological polar surface area (TPSA) is 70.7 Å². The summed E-state index contributed by atoms with van der Waals surface area (Å²) in [5.41, 5.74) is 1.06. The van der Waals surface area contributed by atoms with Gasteiger partial charge in [0, 0.05) is 6.54 Å². The van der Waals surface area contributed by atoms with Crippen molar-refractivity contribution in [1.82, 2.24) is 15.5 Å². The molecule has 0 bridgehead atoms. The van der Waals surface area contributed by atoms with Gasteiger partial charge in [-0.25, -0.2) is 4.79 Å². The highest BCUT2D eigenvalue weighted by molar-refractivity contribution is 5.96. The van der Waals surface area contributed by atoms with Crippen molar-refractivity contribution in [2.45, 2.75) is 26.1 Å². The molecule has 0 saturated carbocycles. The van der Waals surface area contributed by atoms with Crippen molar-refractivity contribution >= 4 is 11.9 Å². The predicted molar refractivity (Wildman–Crippen MR) is 86.4 cm³/mol. The van der Waals surface area contributed by atoms with Crippen LogP contribution in [0, 0.1) is 6.92 Å². The molecule has 0 aliphatic heterocycles. The third-order valence-electron chi connectivity index (χ3n) is 3.43. The average Bonchev–Trinajstić information content (AvgIpc) is 2.51. The maximum absolute atomic E-state index is 12.0. The molecule has 2 N–H and O–H groups in total. The fourth-order valence-electron chi connectivity index (χ4n) is 1.85. The zero-order chi connectivity index (χ0) is 19.0. The Morgan fingerprint density at radius 2 is 2.00 bits per heavy atom. The van der Waals surface area contributed by atoms with Crippen molar-refractivity contribution in [3.63, 3.8) is 0 Å². The lowest BCUT2D eigenvalue weighted by Crippen LogP contribution is -2.50. The summed E-state index contributed by atoms with van der Waals surface area (Å²) in [4.78, 5) is 24.8. The molecule has 140 valence electrons. The molecule has 0 aliphatic rings. The van der Waals surface area contributed by atoms with Crippen LogP contribution < -0.4 is 15.4 Å². The van der Waals surface area contributed by atoms with Crippen LogP contribution in [-0.2, 0) is 4.79 Å². The molecule has 25 heavy (non-hydrogen) atoms. The lowest BCUT2D eigenvalue weighted by molar-refractivity contribution is -0.126. The molecule has 0 radical (unpaired) electrons. The highest BCUT2D eigenvalue weighted by Crippen LogP contribution is 2.13. The lowest BCUT2D eigenvalue weighted by Gasteiger charge is -2.23. The molecule has 0 unspecified atom stereocenters. The molecule has 3 amide bonds. The maximum Gasteiger partial charge on any atom is 0.405 e. The highest BCUT2D eigenvalue weighted by atomic mass is 19.4. The monoisotopic (exact) mass is 361 g/mol. The Morgan fingerprint density at radius 3 is 2.60 bits per heavy atom. The van der Waals surface area contributed by atoms with Crippen LogP contribution in [0.15, 0.2) is 24.3 Å². The Balaban J connectivity index is 2.35. The van der Waals surface area contributed by atoms with Gasteiger partial charge >= 0.3 is 12.2 Å². The van der Waals surface area contributed by atoms with Gasteiger partial charge in [0.2, 0.25) is 5.91 Å². The van der Waals surface area contributed by atoms with Crippen molar-refractivity contribution in [2.24, 2.45) is 0 Å². The van der Waals surface area contributed by atoms with Gasteiger partial charge in [0.15, 0.2) is 0 Å². The fraction of sp³-hybridized carbons (Fsp3) is 0.500. The van der Waals surface area contributed by atoms with E-state index in [4.69, 9.17) is 4.74 Å². The minimum absolute atomic E-state index is 0.317. The normalized spacial score (nSPS) is 12.6. The first-order chi connectivity index (χ1) is 11.6. The summed E-state index contributed by atoms with van der Waals surface area (Å²) in [5, 5.41) is 3.46. The van der Waals surface area contributed by atoms with Crippen LogP contribution in [-0.4, -0.2) is 55.8 Å². The average molecular weight is 361 g/mol. The Morgan fingerprint density at radius 1 is 1.32 bits per heavy atom. The third kappa shape index (κ3) is 8.39. The molecule has 0 fully saturated rings. The van der Waals surface area contributed by atoms with Crippen LogP contribution in [0.2, 0.25) is 0 Å². The second-order valence-corrected chi connectivity index (χ2v) is 5.61. The van der Waals surface area contributed by atoms with Crippen LogP contribution in [0.3, 0.4) is 0 Å². The number of hydrogen-bond donors (Lipinski definition) is 2. The standard InChI is InChI=1S/C16H22F3N3O3/c1-11-5-4-6-13(9-11)25-8-7-22(3)12(2)14(23)21-15(24)20-10-16(17,18)19/h4-6,9,12H,7-8,10H2,1-3H3,(H2,20,21,23,24)/t12-/m1/s1. The van der Waals surface area contributed by atoms with Crippen molar-refractivity contribution < 1.29 is 27.5 Å². The van der Waals surface area contributed by atoms with Gasteiger partial charge in [0.25, 0.3) is 0 Å². The number of hydrogen-bond acceptors (Lipinski definition) is 4. The van der Waals surface area contributed by atoms with Crippen molar-refractivity contribution in [3.05, 3.63) is 29.8 Å². The van der Waals surface area contributed by atoms with E-state index in [9.17, 15) is 22.8 Å². The number of carbonyl (C=O) groups excluding carboxylic acids is 2. The minimum Gasteiger partial charge on any atom is -0.492 e. The van der Waals surface area contributed by atoms with E-state index in [-0.39, 0.29) is 0 Å². The second kappa shape index (κ2) is 9.26. The Bertz CT molecular complexity index is 593. The van der Waals surface area contributed by atoms with E-state index in [2.05, 4.69) is 0 Å². The first-order valence-electron chi connectivity index (χ1n) is 7.63. The number of imide groups is 1. The van der Waals surface area contributed by atoms with Gasteiger partial charge in [-0.3, -0.25) is 15.0 Å². The van der Waals surface area contributed by atoms with Gasteiger partial charge in [-0.1, -0.05) is 12.1 Å².